The fourth-order valence-electron chi connectivity index (χ4n) is 3.98. The standard InChI is InChI=1S/C22H31N3O3/c1-5-25-13-11-16(12-14-25)24-22(26)23-15(2)17-9-10-19(27-3)18-7-6-8-20(28-4)21(17)18/h6-10,15-16H,5,11-14H2,1-4H3,(H2,23,24,26). The number of carbonyl (C=O) groups excluding carboxylic acids is 1. The van der Waals surface area contributed by atoms with E-state index < -0.39 is 0 Å². The van der Waals surface area contributed by atoms with E-state index in [1.807, 2.05) is 37.3 Å². The number of ether oxygens (including phenoxy) is 2. The zero-order valence-corrected chi connectivity index (χ0v) is 17.2. The highest BCUT2D eigenvalue weighted by Crippen LogP contribution is 2.37. The maximum atomic E-state index is 12.6. The summed E-state index contributed by atoms with van der Waals surface area (Å²) in [6.07, 6.45) is 1.99. The van der Waals surface area contributed by atoms with Gasteiger partial charge in [-0.3, -0.25) is 0 Å². The molecule has 3 rings (SSSR count). The van der Waals surface area contributed by atoms with Crippen LogP contribution in [0.1, 0.15) is 38.3 Å². The lowest BCUT2D eigenvalue weighted by Crippen LogP contribution is -2.48. The molecular formula is C22H31N3O3. The Bertz CT molecular complexity index is 816. The third-order valence-corrected chi connectivity index (χ3v) is 5.62. The molecule has 2 amide bonds. The number of carbonyl (C=O) groups is 1. The smallest absolute Gasteiger partial charge is 0.315 e. The zero-order valence-electron chi connectivity index (χ0n) is 17.2. The van der Waals surface area contributed by atoms with E-state index in [1.165, 1.54) is 0 Å². The molecule has 0 bridgehead atoms. The Morgan fingerprint density at radius 2 is 1.86 bits per heavy atom. The highest BCUT2D eigenvalue weighted by molar-refractivity contribution is 5.96. The van der Waals surface area contributed by atoms with E-state index in [0.717, 1.165) is 60.3 Å². The molecule has 152 valence electrons. The molecule has 28 heavy (non-hydrogen) atoms. The Kier molecular flexibility index (Phi) is 6.62. The Morgan fingerprint density at radius 3 is 2.50 bits per heavy atom. The van der Waals surface area contributed by atoms with Gasteiger partial charge in [0, 0.05) is 29.9 Å². The fraction of sp³-hybridized carbons (Fsp3) is 0.500. The van der Waals surface area contributed by atoms with Crippen molar-refractivity contribution in [1.29, 1.82) is 0 Å². The molecule has 1 aliphatic heterocycles. The Labute approximate surface area is 167 Å². The second kappa shape index (κ2) is 9.15. The number of benzene rings is 2. The average Bonchev–Trinajstić information content (AvgIpc) is 2.72. The monoisotopic (exact) mass is 385 g/mol. The summed E-state index contributed by atoms with van der Waals surface area (Å²) in [5.74, 6) is 1.56. The number of hydrogen-bond donors (Lipinski definition) is 2. The van der Waals surface area contributed by atoms with Gasteiger partial charge in [-0.2, -0.15) is 0 Å². The summed E-state index contributed by atoms with van der Waals surface area (Å²) >= 11 is 0. The molecule has 1 atom stereocenters. The normalized spacial score (nSPS) is 16.6. The van der Waals surface area contributed by atoms with Crippen molar-refractivity contribution >= 4 is 16.8 Å². The molecule has 0 spiro atoms. The topological polar surface area (TPSA) is 62.8 Å². The van der Waals surface area contributed by atoms with Crippen LogP contribution in [0.4, 0.5) is 4.79 Å². The summed E-state index contributed by atoms with van der Waals surface area (Å²) < 4.78 is 11.1. The molecule has 0 aliphatic carbocycles. The third kappa shape index (κ3) is 4.33. The minimum Gasteiger partial charge on any atom is -0.496 e. The SMILES string of the molecule is CCN1CCC(NC(=O)NC(C)c2ccc(OC)c3cccc(OC)c23)CC1. The molecule has 1 heterocycles. The quantitative estimate of drug-likeness (QED) is 0.796. The van der Waals surface area contributed by atoms with Gasteiger partial charge in [-0.1, -0.05) is 25.1 Å². The molecule has 6 heteroatoms. The average molecular weight is 386 g/mol. The van der Waals surface area contributed by atoms with E-state index >= 15 is 0 Å². The van der Waals surface area contributed by atoms with Crippen LogP contribution in [0, 0.1) is 0 Å². The number of rotatable bonds is 6. The van der Waals surface area contributed by atoms with Crippen molar-refractivity contribution < 1.29 is 14.3 Å². The van der Waals surface area contributed by atoms with Crippen LogP contribution in [0.2, 0.25) is 0 Å². The minimum atomic E-state index is -0.166. The van der Waals surface area contributed by atoms with E-state index in [4.69, 9.17) is 9.47 Å². The second-order valence-electron chi connectivity index (χ2n) is 7.29. The van der Waals surface area contributed by atoms with Gasteiger partial charge < -0.3 is 25.0 Å². The molecule has 1 unspecified atom stereocenters. The lowest BCUT2D eigenvalue weighted by Gasteiger charge is -2.31. The van der Waals surface area contributed by atoms with E-state index in [0.29, 0.717) is 0 Å². The van der Waals surface area contributed by atoms with Gasteiger partial charge in [-0.15, -0.1) is 0 Å². The number of amides is 2. The van der Waals surface area contributed by atoms with Crippen LogP contribution in [0.15, 0.2) is 30.3 Å². The Hall–Kier alpha value is -2.47. The minimum absolute atomic E-state index is 0.124. The number of hydrogen-bond acceptors (Lipinski definition) is 4. The van der Waals surface area contributed by atoms with E-state index in [9.17, 15) is 4.79 Å². The highest BCUT2D eigenvalue weighted by Gasteiger charge is 2.22. The van der Waals surface area contributed by atoms with E-state index in [1.54, 1.807) is 14.2 Å². The molecule has 0 saturated carbocycles. The van der Waals surface area contributed by atoms with Crippen LogP contribution in [0.5, 0.6) is 11.5 Å². The predicted octanol–water partition coefficient (Wildman–Crippen LogP) is 3.70. The molecular weight excluding hydrogens is 354 g/mol. The van der Waals surface area contributed by atoms with Crippen molar-refractivity contribution in [1.82, 2.24) is 15.5 Å². The first-order valence-electron chi connectivity index (χ1n) is 10.00. The number of nitrogens with zero attached hydrogens (tertiary/aromatic N) is 1. The van der Waals surface area contributed by atoms with Gasteiger partial charge in [0.1, 0.15) is 11.5 Å². The number of fused-ring (bicyclic) bond motifs is 1. The summed E-state index contributed by atoms with van der Waals surface area (Å²) in [6, 6.07) is 9.76. The molecule has 1 fully saturated rings. The first-order valence-corrected chi connectivity index (χ1v) is 10.00. The van der Waals surface area contributed by atoms with Crippen molar-refractivity contribution in [2.75, 3.05) is 33.9 Å². The van der Waals surface area contributed by atoms with Gasteiger partial charge in [0.05, 0.1) is 20.3 Å². The van der Waals surface area contributed by atoms with Crippen LogP contribution in [0.3, 0.4) is 0 Å². The molecule has 6 nitrogen and oxygen atoms in total. The number of urea groups is 1. The van der Waals surface area contributed by atoms with E-state index in [2.05, 4.69) is 22.5 Å². The van der Waals surface area contributed by atoms with Crippen LogP contribution in [0.25, 0.3) is 10.8 Å². The van der Waals surface area contributed by atoms with Gasteiger partial charge in [0.2, 0.25) is 0 Å². The first-order chi connectivity index (χ1) is 13.6. The third-order valence-electron chi connectivity index (χ3n) is 5.62. The fourth-order valence-corrected chi connectivity index (χ4v) is 3.98. The van der Waals surface area contributed by atoms with Crippen LogP contribution >= 0.6 is 0 Å². The van der Waals surface area contributed by atoms with Crippen molar-refractivity contribution in [2.45, 2.75) is 38.8 Å². The number of likely N-dealkylation sites (tertiary alicyclic amines) is 1. The van der Waals surface area contributed by atoms with Gasteiger partial charge in [0.15, 0.2) is 0 Å². The molecule has 2 aromatic carbocycles. The van der Waals surface area contributed by atoms with Crippen molar-refractivity contribution in [3.63, 3.8) is 0 Å². The number of nitrogens with one attached hydrogen (secondary N) is 2. The Balaban J connectivity index is 1.74. The lowest BCUT2D eigenvalue weighted by molar-refractivity contribution is 0.197. The maximum absolute atomic E-state index is 12.6. The summed E-state index contributed by atoms with van der Waals surface area (Å²) in [5, 5.41) is 8.16. The largest absolute Gasteiger partial charge is 0.496 e. The van der Waals surface area contributed by atoms with Crippen LogP contribution in [-0.4, -0.2) is 50.8 Å². The van der Waals surface area contributed by atoms with E-state index in [-0.39, 0.29) is 18.1 Å². The molecule has 1 saturated heterocycles. The summed E-state index contributed by atoms with van der Waals surface area (Å²) in [6.45, 7) is 7.32. The maximum Gasteiger partial charge on any atom is 0.315 e. The summed E-state index contributed by atoms with van der Waals surface area (Å²) in [5.41, 5.74) is 1.00. The molecule has 2 aromatic rings. The zero-order chi connectivity index (χ0) is 20.1. The Morgan fingerprint density at radius 1 is 1.14 bits per heavy atom. The second-order valence-corrected chi connectivity index (χ2v) is 7.29. The first kappa shape index (κ1) is 20.3. The molecule has 0 aromatic heterocycles. The summed E-state index contributed by atoms with van der Waals surface area (Å²) in [7, 11) is 3.32. The van der Waals surface area contributed by atoms with Crippen LogP contribution in [-0.2, 0) is 0 Å². The number of methoxy groups -OCH3 is 2. The van der Waals surface area contributed by atoms with Gasteiger partial charge >= 0.3 is 6.03 Å². The molecule has 1 aliphatic rings. The van der Waals surface area contributed by atoms with Crippen molar-refractivity contribution in [3.05, 3.63) is 35.9 Å². The van der Waals surface area contributed by atoms with Crippen molar-refractivity contribution in [3.8, 4) is 11.5 Å². The van der Waals surface area contributed by atoms with Crippen molar-refractivity contribution in [2.24, 2.45) is 0 Å². The van der Waals surface area contributed by atoms with Gasteiger partial charge in [-0.25, -0.2) is 4.79 Å². The van der Waals surface area contributed by atoms with Gasteiger partial charge in [-0.05, 0) is 44.0 Å². The molecule has 2 N–H and O–H groups in total. The molecule has 0 radical (unpaired) electrons. The lowest BCUT2D eigenvalue weighted by atomic mass is 9.98. The van der Waals surface area contributed by atoms with Crippen LogP contribution < -0.4 is 20.1 Å². The van der Waals surface area contributed by atoms with Gasteiger partial charge in [0.25, 0.3) is 0 Å². The summed E-state index contributed by atoms with van der Waals surface area (Å²) in [4.78, 5) is 15.0. The highest BCUT2D eigenvalue weighted by atomic mass is 16.5. The number of piperidine rings is 1. The predicted molar refractivity (Wildman–Crippen MR) is 112 cm³/mol.